The molecular weight excluding hydrogens is 227 g/mol. The lowest BCUT2D eigenvalue weighted by atomic mass is 10.00. The Morgan fingerprint density at radius 1 is 1.28 bits per heavy atom. The molecule has 1 aromatic heterocycles. The first-order valence-corrected chi connectivity index (χ1v) is 6.04. The Morgan fingerprint density at radius 3 is 2.72 bits per heavy atom. The van der Waals surface area contributed by atoms with E-state index in [1.165, 1.54) is 6.07 Å². The molecule has 3 heteroatoms. The van der Waals surface area contributed by atoms with Crippen molar-refractivity contribution in [3.05, 3.63) is 65.2 Å². The summed E-state index contributed by atoms with van der Waals surface area (Å²) in [4.78, 5) is 4.32. The Balaban J connectivity index is 2.20. The number of hydrogen-bond acceptors (Lipinski definition) is 2. The highest BCUT2D eigenvalue weighted by Gasteiger charge is 2.11. The molecule has 0 aliphatic rings. The molecule has 0 spiro atoms. The minimum atomic E-state index is -0.161. The number of pyridine rings is 1. The minimum Gasteiger partial charge on any atom is -0.313 e. The van der Waals surface area contributed by atoms with E-state index in [0.717, 1.165) is 17.7 Å². The second-order valence-corrected chi connectivity index (χ2v) is 4.38. The Morgan fingerprint density at radius 2 is 2.11 bits per heavy atom. The minimum absolute atomic E-state index is 0.152. The van der Waals surface area contributed by atoms with Gasteiger partial charge in [0.15, 0.2) is 0 Å². The monoisotopic (exact) mass is 244 g/mol. The van der Waals surface area contributed by atoms with Gasteiger partial charge < -0.3 is 5.32 Å². The van der Waals surface area contributed by atoms with Crippen molar-refractivity contribution in [2.24, 2.45) is 0 Å². The van der Waals surface area contributed by atoms with Crippen molar-refractivity contribution in [3.63, 3.8) is 0 Å². The molecule has 0 fully saturated rings. The topological polar surface area (TPSA) is 24.9 Å². The second-order valence-electron chi connectivity index (χ2n) is 4.38. The quantitative estimate of drug-likeness (QED) is 0.894. The van der Waals surface area contributed by atoms with Gasteiger partial charge in [0.1, 0.15) is 5.82 Å². The third-order valence-electron chi connectivity index (χ3n) is 3.07. The second kappa shape index (κ2) is 5.74. The van der Waals surface area contributed by atoms with Gasteiger partial charge in [0, 0.05) is 24.4 Å². The van der Waals surface area contributed by atoms with Crippen LogP contribution in [-0.2, 0) is 6.42 Å². The molecule has 0 aliphatic carbocycles. The number of aromatic nitrogens is 1. The molecule has 0 bridgehead atoms. The molecule has 1 unspecified atom stereocenters. The third kappa shape index (κ3) is 2.93. The molecule has 18 heavy (non-hydrogen) atoms. The average molecular weight is 244 g/mol. The summed E-state index contributed by atoms with van der Waals surface area (Å²) in [5.74, 6) is -0.161. The van der Waals surface area contributed by atoms with Crippen LogP contribution in [0.5, 0.6) is 0 Å². The van der Waals surface area contributed by atoms with Gasteiger partial charge in [0.05, 0.1) is 0 Å². The van der Waals surface area contributed by atoms with Crippen LogP contribution in [0.3, 0.4) is 0 Å². The zero-order chi connectivity index (χ0) is 13.0. The number of hydrogen-bond donors (Lipinski definition) is 1. The predicted molar refractivity (Wildman–Crippen MR) is 70.9 cm³/mol. The summed E-state index contributed by atoms with van der Waals surface area (Å²) in [6.07, 6.45) is 2.58. The SMILES string of the molecule is CNC(Cc1ccccn1)c1ccc(F)c(C)c1. The van der Waals surface area contributed by atoms with Gasteiger partial charge in [-0.15, -0.1) is 0 Å². The molecule has 0 radical (unpaired) electrons. The van der Waals surface area contributed by atoms with Crippen LogP contribution in [0.4, 0.5) is 4.39 Å². The number of nitrogens with one attached hydrogen (secondary N) is 1. The molecule has 2 nitrogen and oxygen atoms in total. The Bertz CT molecular complexity index is 511. The van der Waals surface area contributed by atoms with Gasteiger partial charge in [0.2, 0.25) is 0 Å². The van der Waals surface area contributed by atoms with E-state index in [1.807, 2.05) is 37.4 Å². The van der Waals surface area contributed by atoms with Crippen LogP contribution in [0.25, 0.3) is 0 Å². The summed E-state index contributed by atoms with van der Waals surface area (Å²) in [6.45, 7) is 1.78. The van der Waals surface area contributed by atoms with Crippen molar-refractivity contribution in [2.75, 3.05) is 7.05 Å². The highest BCUT2D eigenvalue weighted by Crippen LogP contribution is 2.19. The van der Waals surface area contributed by atoms with E-state index < -0.39 is 0 Å². The van der Waals surface area contributed by atoms with Crippen molar-refractivity contribution in [2.45, 2.75) is 19.4 Å². The van der Waals surface area contributed by atoms with Crippen LogP contribution in [0.1, 0.15) is 22.9 Å². The number of likely N-dealkylation sites (N-methyl/N-ethyl adjacent to an activating group) is 1. The van der Waals surface area contributed by atoms with Gasteiger partial charge in [-0.2, -0.15) is 0 Å². The van der Waals surface area contributed by atoms with E-state index in [2.05, 4.69) is 10.3 Å². The molecule has 0 saturated carbocycles. The summed E-state index contributed by atoms with van der Waals surface area (Å²) in [6, 6.07) is 11.3. The van der Waals surface area contributed by atoms with Crippen molar-refractivity contribution in [1.82, 2.24) is 10.3 Å². The predicted octanol–water partition coefficient (Wildman–Crippen LogP) is 3.03. The summed E-state index contributed by atoms with van der Waals surface area (Å²) < 4.78 is 13.3. The van der Waals surface area contributed by atoms with E-state index in [4.69, 9.17) is 0 Å². The summed E-state index contributed by atoms with van der Waals surface area (Å²) >= 11 is 0. The van der Waals surface area contributed by atoms with Gasteiger partial charge in [-0.1, -0.05) is 18.2 Å². The maximum Gasteiger partial charge on any atom is 0.126 e. The maximum atomic E-state index is 13.3. The van der Waals surface area contributed by atoms with E-state index in [1.54, 1.807) is 13.1 Å². The lowest BCUT2D eigenvalue weighted by molar-refractivity contribution is 0.577. The Kier molecular flexibility index (Phi) is 4.05. The smallest absolute Gasteiger partial charge is 0.126 e. The summed E-state index contributed by atoms with van der Waals surface area (Å²) in [5.41, 5.74) is 2.79. The lowest BCUT2D eigenvalue weighted by Gasteiger charge is -2.17. The first kappa shape index (κ1) is 12.7. The van der Waals surface area contributed by atoms with Crippen molar-refractivity contribution in [1.29, 1.82) is 0 Å². The fourth-order valence-corrected chi connectivity index (χ4v) is 2.00. The fourth-order valence-electron chi connectivity index (χ4n) is 2.00. The normalized spacial score (nSPS) is 12.4. The van der Waals surface area contributed by atoms with Gasteiger partial charge in [-0.25, -0.2) is 4.39 Å². The molecule has 1 atom stereocenters. The Hall–Kier alpha value is -1.74. The molecular formula is C15H17FN2. The summed E-state index contributed by atoms with van der Waals surface area (Å²) in [7, 11) is 1.91. The molecule has 0 aliphatic heterocycles. The first-order chi connectivity index (χ1) is 8.70. The van der Waals surface area contributed by atoms with Crippen molar-refractivity contribution in [3.8, 4) is 0 Å². The van der Waals surface area contributed by atoms with Crippen LogP contribution in [0.2, 0.25) is 0 Å². The van der Waals surface area contributed by atoms with Gasteiger partial charge in [-0.3, -0.25) is 4.98 Å². The van der Waals surface area contributed by atoms with Gasteiger partial charge in [0.25, 0.3) is 0 Å². The molecule has 0 saturated heterocycles. The van der Waals surface area contributed by atoms with Crippen LogP contribution in [0, 0.1) is 12.7 Å². The number of halogens is 1. The Labute approximate surface area is 107 Å². The summed E-state index contributed by atoms with van der Waals surface area (Å²) in [5, 5.41) is 3.25. The zero-order valence-corrected chi connectivity index (χ0v) is 10.7. The standard InChI is InChI=1S/C15H17FN2/c1-11-9-12(6-7-14(11)16)15(17-2)10-13-5-3-4-8-18-13/h3-9,15,17H,10H2,1-2H3. The zero-order valence-electron chi connectivity index (χ0n) is 10.7. The third-order valence-corrected chi connectivity index (χ3v) is 3.07. The largest absolute Gasteiger partial charge is 0.313 e. The number of nitrogens with zero attached hydrogens (tertiary/aromatic N) is 1. The average Bonchev–Trinajstić information content (AvgIpc) is 2.40. The van der Waals surface area contributed by atoms with Crippen LogP contribution < -0.4 is 5.32 Å². The van der Waals surface area contributed by atoms with E-state index in [9.17, 15) is 4.39 Å². The van der Waals surface area contributed by atoms with Gasteiger partial charge in [-0.05, 0) is 43.3 Å². The van der Waals surface area contributed by atoms with E-state index in [-0.39, 0.29) is 11.9 Å². The molecule has 0 amide bonds. The number of rotatable bonds is 4. The van der Waals surface area contributed by atoms with Crippen molar-refractivity contribution < 1.29 is 4.39 Å². The molecule has 2 rings (SSSR count). The molecule has 94 valence electrons. The first-order valence-electron chi connectivity index (χ1n) is 6.04. The number of benzene rings is 1. The number of aryl methyl sites for hydroxylation is 1. The molecule has 1 aromatic carbocycles. The highest BCUT2D eigenvalue weighted by molar-refractivity contribution is 5.27. The highest BCUT2D eigenvalue weighted by atomic mass is 19.1. The van der Waals surface area contributed by atoms with E-state index >= 15 is 0 Å². The maximum absolute atomic E-state index is 13.3. The molecule has 1 N–H and O–H groups in total. The van der Waals surface area contributed by atoms with Crippen LogP contribution >= 0.6 is 0 Å². The lowest BCUT2D eigenvalue weighted by Crippen LogP contribution is -2.19. The molecule has 1 heterocycles. The van der Waals surface area contributed by atoms with E-state index in [0.29, 0.717) is 5.56 Å². The van der Waals surface area contributed by atoms with Gasteiger partial charge >= 0.3 is 0 Å². The molecule has 2 aromatic rings. The van der Waals surface area contributed by atoms with Crippen LogP contribution in [-0.4, -0.2) is 12.0 Å². The fraction of sp³-hybridized carbons (Fsp3) is 0.267. The van der Waals surface area contributed by atoms with Crippen molar-refractivity contribution >= 4 is 0 Å². The van der Waals surface area contributed by atoms with Crippen LogP contribution in [0.15, 0.2) is 42.6 Å².